The van der Waals surface area contributed by atoms with Crippen LogP contribution in [0.1, 0.15) is 34.5 Å². The molecule has 0 saturated heterocycles. The van der Waals surface area contributed by atoms with E-state index in [0.29, 0.717) is 0 Å². The van der Waals surface area contributed by atoms with Gasteiger partial charge >= 0.3 is 5.97 Å². The molecule has 0 amide bonds. The van der Waals surface area contributed by atoms with Crippen molar-refractivity contribution in [2.45, 2.75) is 25.7 Å². The Morgan fingerprint density at radius 1 is 1.38 bits per heavy atom. The lowest BCUT2D eigenvalue weighted by Gasteiger charge is -2.07. The summed E-state index contributed by atoms with van der Waals surface area (Å²) in [7, 11) is 0. The first kappa shape index (κ1) is 9.33. The van der Waals surface area contributed by atoms with E-state index in [1.165, 1.54) is 18.0 Å². The summed E-state index contributed by atoms with van der Waals surface area (Å²) < 4.78 is 1.60. The van der Waals surface area contributed by atoms with Gasteiger partial charge in [0, 0.05) is 18.0 Å². The molecule has 1 aliphatic carbocycles. The highest BCUT2D eigenvalue weighted by Gasteiger charge is 2.18. The second kappa shape index (κ2) is 3.30. The van der Waals surface area contributed by atoms with Gasteiger partial charge in [-0.3, -0.25) is 0 Å². The highest BCUT2D eigenvalue weighted by molar-refractivity contribution is 5.87. The third kappa shape index (κ3) is 1.28. The predicted molar refractivity (Wildman–Crippen MR) is 56.6 cm³/mol. The molecule has 16 heavy (non-hydrogen) atoms. The van der Waals surface area contributed by atoms with Crippen molar-refractivity contribution in [1.29, 1.82) is 0 Å². The Balaban J connectivity index is 2.22. The fourth-order valence-electron chi connectivity index (χ4n) is 2.19. The molecule has 2 heterocycles. The average molecular weight is 217 g/mol. The zero-order valence-electron chi connectivity index (χ0n) is 8.68. The van der Waals surface area contributed by atoms with Crippen molar-refractivity contribution in [2.75, 3.05) is 0 Å². The number of aryl methyl sites for hydroxylation is 2. The number of carboxylic acid groups (broad SMARTS) is 1. The smallest absolute Gasteiger partial charge is 0.338 e. The number of rotatable bonds is 1. The van der Waals surface area contributed by atoms with E-state index in [9.17, 15) is 4.79 Å². The highest BCUT2D eigenvalue weighted by atomic mass is 16.4. The maximum atomic E-state index is 10.8. The van der Waals surface area contributed by atoms with Crippen molar-refractivity contribution in [2.24, 2.45) is 0 Å². The number of hydrogen-bond acceptors (Lipinski definition) is 3. The molecule has 0 spiro atoms. The van der Waals surface area contributed by atoms with E-state index in [-0.39, 0.29) is 5.56 Å². The highest BCUT2D eigenvalue weighted by Crippen LogP contribution is 2.23. The molecule has 5 heteroatoms. The van der Waals surface area contributed by atoms with E-state index in [1.54, 1.807) is 4.52 Å². The normalized spacial score (nSPS) is 15.0. The van der Waals surface area contributed by atoms with Crippen LogP contribution in [0.15, 0.2) is 12.4 Å². The number of nitrogens with zero attached hydrogens (tertiary/aromatic N) is 3. The summed E-state index contributed by atoms with van der Waals surface area (Å²) in [5.41, 5.74) is 3.23. The van der Waals surface area contributed by atoms with Crippen LogP contribution in [0.3, 0.4) is 0 Å². The molecule has 1 N–H and O–H groups in total. The molecule has 0 aliphatic heterocycles. The van der Waals surface area contributed by atoms with Crippen LogP contribution in [0, 0.1) is 0 Å². The van der Waals surface area contributed by atoms with E-state index < -0.39 is 5.97 Å². The monoisotopic (exact) mass is 217 g/mol. The minimum Gasteiger partial charge on any atom is -0.478 e. The zero-order chi connectivity index (χ0) is 11.1. The molecule has 0 aromatic carbocycles. The Morgan fingerprint density at radius 2 is 2.19 bits per heavy atom. The Morgan fingerprint density at radius 3 is 3.00 bits per heavy atom. The van der Waals surface area contributed by atoms with E-state index in [4.69, 9.17) is 5.11 Å². The van der Waals surface area contributed by atoms with E-state index in [0.717, 1.165) is 37.0 Å². The van der Waals surface area contributed by atoms with Crippen molar-refractivity contribution in [3.8, 4) is 0 Å². The first-order valence-electron chi connectivity index (χ1n) is 5.35. The van der Waals surface area contributed by atoms with Gasteiger partial charge in [0.25, 0.3) is 0 Å². The van der Waals surface area contributed by atoms with E-state index in [2.05, 4.69) is 10.1 Å². The molecule has 0 bridgehead atoms. The minimum atomic E-state index is -0.970. The molecule has 5 nitrogen and oxygen atoms in total. The van der Waals surface area contributed by atoms with E-state index in [1.807, 2.05) is 0 Å². The first-order chi connectivity index (χ1) is 7.75. The van der Waals surface area contributed by atoms with Crippen LogP contribution in [-0.2, 0) is 12.8 Å². The molecular weight excluding hydrogens is 206 g/mol. The number of fused-ring (bicyclic) bond motifs is 3. The molecule has 0 unspecified atom stereocenters. The molecule has 1 aliphatic rings. The number of carboxylic acids is 1. The van der Waals surface area contributed by atoms with Crippen LogP contribution in [0.5, 0.6) is 0 Å². The summed E-state index contributed by atoms with van der Waals surface area (Å²) in [6.45, 7) is 0. The molecule has 3 rings (SSSR count). The molecule has 0 saturated carbocycles. The SMILES string of the molecule is O=C(O)c1cnc2c3c(nn2c1)CCCC3. The second-order valence-electron chi connectivity index (χ2n) is 4.05. The van der Waals surface area contributed by atoms with Gasteiger partial charge in [0.1, 0.15) is 0 Å². The number of hydrogen-bond donors (Lipinski definition) is 1. The lowest BCUT2D eigenvalue weighted by atomic mass is 9.98. The average Bonchev–Trinajstić information content (AvgIpc) is 2.66. The maximum absolute atomic E-state index is 10.8. The van der Waals surface area contributed by atoms with Crippen LogP contribution in [0.4, 0.5) is 0 Å². The Hall–Kier alpha value is -1.91. The topological polar surface area (TPSA) is 67.5 Å². The van der Waals surface area contributed by atoms with Crippen LogP contribution < -0.4 is 0 Å². The van der Waals surface area contributed by atoms with Crippen molar-refractivity contribution in [1.82, 2.24) is 14.6 Å². The van der Waals surface area contributed by atoms with Gasteiger partial charge in [-0.2, -0.15) is 5.10 Å². The van der Waals surface area contributed by atoms with Gasteiger partial charge in [-0.15, -0.1) is 0 Å². The van der Waals surface area contributed by atoms with Gasteiger partial charge in [-0.25, -0.2) is 14.3 Å². The standard InChI is InChI=1S/C11H11N3O2/c15-11(16)7-5-12-10-8-3-1-2-4-9(8)13-14(10)6-7/h5-6H,1-4H2,(H,15,16). The van der Waals surface area contributed by atoms with Gasteiger partial charge in [0.2, 0.25) is 0 Å². The molecule has 0 atom stereocenters. The fraction of sp³-hybridized carbons (Fsp3) is 0.364. The van der Waals surface area contributed by atoms with Crippen LogP contribution in [0.25, 0.3) is 5.65 Å². The summed E-state index contributed by atoms with van der Waals surface area (Å²) in [5.74, 6) is -0.970. The van der Waals surface area contributed by atoms with Gasteiger partial charge < -0.3 is 5.11 Å². The lowest BCUT2D eigenvalue weighted by molar-refractivity contribution is 0.0695. The molecule has 2 aromatic rings. The van der Waals surface area contributed by atoms with Crippen molar-refractivity contribution in [3.05, 3.63) is 29.2 Å². The molecule has 2 aromatic heterocycles. The van der Waals surface area contributed by atoms with Gasteiger partial charge in [0.15, 0.2) is 5.65 Å². The largest absolute Gasteiger partial charge is 0.478 e. The van der Waals surface area contributed by atoms with Gasteiger partial charge in [0.05, 0.1) is 11.3 Å². The number of carbonyl (C=O) groups is 1. The van der Waals surface area contributed by atoms with Crippen molar-refractivity contribution in [3.63, 3.8) is 0 Å². The maximum Gasteiger partial charge on any atom is 0.338 e. The Kier molecular flexibility index (Phi) is 1.92. The Bertz CT molecular complexity index is 574. The zero-order valence-corrected chi connectivity index (χ0v) is 8.68. The summed E-state index contributed by atoms with van der Waals surface area (Å²) >= 11 is 0. The Labute approximate surface area is 91.7 Å². The third-order valence-electron chi connectivity index (χ3n) is 2.99. The summed E-state index contributed by atoms with van der Waals surface area (Å²) in [6.07, 6.45) is 7.22. The first-order valence-corrected chi connectivity index (χ1v) is 5.35. The number of aromatic carboxylic acids is 1. The summed E-state index contributed by atoms with van der Waals surface area (Å²) in [6, 6.07) is 0. The van der Waals surface area contributed by atoms with E-state index >= 15 is 0 Å². The fourth-order valence-corrected chi connectivity index (χ4v) is 2.19. The predicted octanol–water partition coefficient (Wildman–Crippen LogP) is 1.31. The molecular formula is C11H11N3O2. The second-order valence-corrected chi connectivity index (χ2v) is 4.05. The van der Waals surface area contributed by atoms with Crippen LogP contribution >= 0.6 is 0 Å². The summed E-state index contributed by atoms with van der Waals surface area (Å²) in [4.78, 5) is 15.0. The number of aromatic nitrogens is 3. The van der Waals surface area contributed by atoms with Gasteiger partial charge in [-0.05, 0) is 25.7 Å². The van der Waals surface area contributed by atoms with Crippen molar-refractivity contribution < 1.29 is 9.90 Å². The van der Waals surface area contributed by atoms with Crippen molar-refractivity contribution >= 4 is 11.6 Å². The lowest BCUT2D eigenvalue weighted by Crippen LogP contribution is -2.01. The van der Waals surface area contributed by atoms with Crippen LogP contribution in [0.2, 0.25) is 0 Å². The summed E-state index contributed by atoms with van der Waals surface area (Å²) in [5, 5.41) is 13.3. The molecule has 0 radical (unpaired) electrons. The third-order valence-corrected chi connectivity index (χ3v) is 2.99. The van der Waals surface area contributed by atoms with Gasteiger partial charge in [-0.1, -0.05) is 0 Å². The quantitative estimate of drug-likeness (QED) is 0.781. The van der Waals surface area contributed by atoms with Crippen LogP contribution in [-0.4, -0.2) is 25.7 Å². The molecule has 0 fully saturated rings. The molecule has 82 valence electrons. The minimum absolute atomic E-state index is 0.173.